The maximum absolute atomic E-state index is 12.0. The first-order valence-electron chi connectivity index (χ1n) is 6.70. The molecule has 1 rings (SSSR count). The second kappa shape index (κ2) is 8.63. The average molecular weight is 330 g/mol. The van der Waals surface area contributed by atoms with E-state index in [-0.39, 0.29) is 6.16 Å². The van der Waals surface area contributed by atoms with Gasteiger partial charge in [0.1, 0.15) is 0 Å². The zero-order valence-electron chi connectivity index (χ0n) is 11.9. The highest BCUT2D eigenvalue weighted by Gasteiger charge is 2.26. The summed E-state index contributed by atoms with van der Waals surface area (Å²) in [5.74, 6) is -2.46. The van der Waals surface area contributed by atoms with Gasteiger partial charge in [0.25, 0.3) is 7.52 Å². The maximum Gasteiger partial charge on any atom is 0.304 e. The third kappa shape index (κ3) is 7.87. The first-order chi connectivity index (χ1) is 10.3. The summed E-state index contributed by atoms with van der Waals surface area (Å²) in [6.07, 6.45) is 3.12. The molecule has 0 fully saturated rings. The van der Waals surface area contributed by atoms with Gasteiger partial charge >= 0.3 is 11.9 Å². The lowest BCUT2D eigenvalue weighted by atomic mass is 10.1. The van der Waals surface area contributed by atoms with E-state index >= 15 is 0 Å². The summed E-state index contributed by atoms with van der Waals surface area (Å²) in [6.45, 7) is 0. The van der Waals surface area contributed by atoms with Crippen molar-refractivity contribution in [2.75, 3.05) is 6.16 Å². The van der Waals surface area contributed by atoms with Crippen LogP contribution in [0, 0.1) is 0 Å². The first-order valence-corrected chi connectivity index (χ1v) is 8.55. The van der Waals surface area contributed by atoms with Gasteiger partial charge in [-0.15, -0.1) is 0 Å². The normalized spacial score (nSPS) is 13.7. The van der Waals surface area contributed by atoms with E-state index in [4.69, 9.17) is 10.2 Å². The number of aryl methyl sites for hydroxylation is 1. The van der Waals surface area contributed by atoms with Crippen LogP contribution in [0.15, 0.2) is 24.5 Å². The largest absolute Gasteiger partial charge is 0.481 e. The van der Waals surface area contributed by atoms with Crippen molar-refractivity contribution in [1.82, 2.24) is 10.1 Å². The summed E-state index contributed by atoms with van der Waals surface area (Å²) in [5, 5.41) is 19.7. The van der Waals surface area contributed by atoms with Crippen molar-refractivity contribution in [2.45, 2.75) is 31.7 Å². The molecule has 22 heavy (non-hydrogen) atoms. The fourth-order valence-electron chi connectivity index (χ4n) is 1.98. The smallest absolute Gasteiger partial charge is 0.304 e. The predicted octanol–water partition coefficient (Wildman–Crippen LogP) is 1.11. The lowest BCUT2D eigenvalue weighted by Gasteiger charge is -2.19. The van der Waals surface area contributed by atoms with Gasteiger partial charge < -0.3 is 15.1 Å². The van der Waals surface area contributed by atoms with E-state index < -0.39 is 38.3 Å². The second-order valence-corrected chi connectivity index (χ2v) is 7.02. The second-order valence-electron chi connectivity index (χ2n) is 4.91. The average Bonchev–Trinajstić information content (AvgIpc) is 2.37. The van der Waals surface area contributed by atoms with E-state index in [1.165, 1.54) is 0 Å². The highest BCUT2D eigenvalue weighted by molar-refractivity contribution is 7.55. The Labute approximate surface area is 127 Å². The summed E-state index contributed by atoms with van der Waals surface area (Å²) < 4.78 is 12.0. The van der Waals surface area contributed by atoms with Gasteiger partial charge in [0.05, 0.1) is 12.8 Å². The third-order valence-corrected chi connectivity index (χ3v) is 4.57. The standard InChI is InChI=1S/C13H19N2O6P/c16-12(17)7-11(8-13(18)19)15-22(20,21)6-2-4-10-3-1-5-14-9-10/h1,3,5,9,11H,2,4,6-8H2,(H,16,17)(H,18,19)(H2,15,20,21). The van der Waals surface area contributed by atoms with E-state index in [2.05, 4.69) is 10.1 Å². The number of carboxylic acid groups (broad SMARTS) is 2. The van der Waals surface area contributed by atoms with Crippen LogP contribution < -0.4 is 5.09 Å². The Hall–Kier alpha value is -1.76. The number of hydrogen-bond acceptors (Lipinski definition) is 4. The fraction of sp³-hybridized carbons (Fsp3) is 0.462. The summed E-state index contributed by atoms with van der Waals surface area (Å²) in [5.41, 5.74) is 0.926. The first kappa shape index (κ1) is 18.3. The molecule has 1 unspecified atom stereocenters. The van der Waals surface area contributed by atoms with Gasteiger partial charge in [0.2, 0.25) is 0 Å². The number of aromatic nitrogens is 1. The molecule has 1 atom stereocenters. The molecular formula is C13H19N2O6P. The number of nitrogens with one attached hydrogen (secondary N) is 1. The number of rotatable bonds is 10. The molecule has 1 aromatic rings. The van der Waals surface area contributed by atoms with Crippen LogP contribution in [0.2, 0.25) is 0 Å². The van der Waals surface area contributed by atoms with Crippen LogP contribution in [0.5, 0.6) is 0 Å². The predicted molar refractivity (Wildman–Crippen MR) is 78.7 cm³/mol. The molecule has 0 spiro atoms. The molecule has 0 aliphatic carbocycles. The molecule has 8 nitrogen and oxygen atoms in total. The molecule has 9 heteroatoms. The van der Waals surface area contributed by atoms with Gasteiger partial charge in [-0.25, -0.2) is 5.09 Å². The molecule has 0 aliphatic rings. The molecule has 1 aromatic heterocycles. The minimum Gasteiger partial charge on any atom is -0.481 e. The molecule has 0 radical (unpaired) electrons. The quantitative estimate of drug-likeness (QED) is 0.468. The van der Waals surface area contributed by atoms with Crippen LogP contribution in [0.4, 0.5) is 0 Å². The van der Waals surface area contributed by atoms with Gasteiger partial charge in [0.15, 0.2) is 0 Å². The number of carbonyl (C=O) groups is 2. The number of hydrogen-bond donors (Lipinski definition) is 4. The monoisotopic (exact) mass is 330 g/mol. The van der Waals surface area contributed by atoms with Crippen molar-refractivity contribution < 1.29 is 29.3 Å². The summed E-state index contributed by atoms with van der Waals surface area (Å²) in [4.78, 5) is 35.1. The number of carboxylic acids is 2. The van der Waals surface area contributed by atoms with Crippen molar-refractivity contribution in [3.8, 4) is 0 Å². The van der Waals surface area contributed by atoms with Gasteiger partial charge in [-0.05, 0) is 24.5 Å². The van der Waals surface area contributed by atoms with E-state index in [9.17, 15) is 19.0 Å². The van der Waals surface area contributed by atoms with Crippen LogP contribution in [-0.4, -0.2) is 44.2 Å². The molecule has 1 heterocycles. The highest BCUT2D eigenvalue weighted by Crippen LogP contribution is 2.37. The highest BCUT2D eigenvalue weighted by atomic mass is 31.2. The van der Waals surface area contributed by atoms with Crippen LogP contribution in [0.25, 0.3) is 0 Å². The van der Waals surface area contributed by atoms with Crippen molar-refractivity contribution >= 4 is 19.5 Å². The summed E-state index contributed by atoms with van der Waals surface area (Å²) in [6, 6.07) is 2.53. The van der Waals surface area contributed by atoms with Gasteiger partial charge in [0, 0.05) is 24.6 Å². The SMILES string of the molecule is O=C(O)CC(CC(=O)O)NP(=O)(O)CCCc1cccnc1. The Bertz CT molecular complexity index is 535. The van der Waals surface area contributed by atoms with Gasteiger partial charge in [-0.1, -0.05) is 6.07 Å². The maximum atomic E-state index is 12.0. The molecule has 0 bridgehead atoms. The van der Waals surface area contributed by atoms with Crippen LogP contribution in [0.1, 0.15) is 24.8 Å². The Morgan fingerprint density at radius 2 is 1.91 bits per heavy atom. The number of nitrogens with zero attached hydrogens (tertiary/aromatic N) is 1. The summed E-state index contributed by atoms with van der Waals surface area (Å²) in [7, 11) is -3.80. The summed E-state index contributed by atoms with van der Waals surface area (Å²) >= 11 is 0. The lowest BCUT2D eigenvalue weighted by Crippen LogP contribution is -2.32. The van der Waals surface area contributed by atoms with Crippen molar-refractivity contribution in [2.24, 2.45) is 0 Å². The number of aliphatic carboxylic acids is 2. The Kier molecular flexibility index (Phi) is 7.17. The molecule has 0 amide bonds. The van der Waals surface area contributed by atoms with Crippen molar-refractivity contribution in [3.05, 3.63) is 30.1 Å². The van der Waals surface area contributed by atoms with E-state index in [1.807, 2.05) is 6.07 Å². The number of pyridine rings is 1. The van der Waals surface area contributed by atoms with Crippen LogP contribution >= 0.6 is 7.52 Å². The third-order valence-electron chi connectivity index (χ3n) is 2.88. The Morgan fingerprint density at radius 1 is 1.27 bits per heavy atom. The fourth-order valence-corrected chi connectivity index (χ4v) is 3.45. The molecule has 0 aliphatic heterocycles. The molecule has 0 aromatic carbocycles. The molecule has 0 saturated heterocycles. The topological polar surface area (TPSA) is 137 Å². The minimum absolute atomic E-state index is 0.0718. The zero-order valence-corrected chi connectivity index (χ0v) is 12.8. The van der Waals surface area contributed by atoms with E-state index in [0.29, 0.717) is 12.8 Å². The van der Waals surface area contributed by atoms with Crippen molar-refractivity contribution in [3.63, 3.8) is 0 Å². The van der Waals surface area contributed by atoms with Crippen LogP contribution in [-0.2, 0) is 20.6 Å². The zero-order chi connectivity index (χ0) is 16.6. The molecule has 122 valence electrons. The van der Waals surface area contributed by atoms with Gasteiger partial charge in [-0.3, -0.25) is 19.1 Å². The minimum atomic E-state index is -3.80. The lowest BCUT2D eigenvalue weighted by molar-refractivity contribution is -0.139. The van der Waals surface area contributed by atoms with Crippen molar-refractivity contribution in [1.29, 1.82) is 0 Å². The molecule has 0 saturated carbocycles. The molecule has 4 N–H and O–H groups in total. The van der Waals surface area contributed by atoms with E-state index in [0.717, 1.165) is 5.56 Å². The van der Waals surface area contributed by atoms with Crippen LogP contribution in [0.3, 0.4) is 0 Å². The van der Waals surface area contributed by atoms with Gasteiger partial charge in [-0.2, -0.15) is 0 Å². The Morgan fingerprint density at radius 3 is 2.41 bits per heavy atom. The Balaban J connectivity index is 2.50. The van der Waals surface area contributed by atoms with E-state index in [1.54, 1.807) is 18.5 Å². The molecular weight excluding hydrogens is 311 g/mol.